The van der Waals surface area contributed by atoms with E-state index in [1.165, 1.54) is 13.8 Å². The molecule has 2 aromatic rings. The first kappa shape index (κ1) is 24.4. The molecule has 0 fully saturated rings. The minimum absolute atomic E-state index is 0.0665. The zero-order valence-corrected chi connectivity index (χ0v) is 18.7. The molecule has 0 aliphatic rings. The van der Waals surface area contributed by atoms with Crippen molar-refractivity contribution in [3.05, 3.63) is 67.8 Å². The SMILES string of the molecule is Cc1ccc(S(=O)(=O)C(S(C)(=O)=O)S(=O)(=O)c2ccc(C)c([N+](=O)[O-])c2)cc1[N+](=O)[O-]. The van der Waals surface area contributed by atoms with Crippen LogP contribution in [0.15, 0.2) is 46.2 Å². The van der Waals surface area contributed by atoms with Crippen molar-refractivity contribution in [2.75, 3.05) is 6.26 Å². The van der Waals surface area contributed by atoms with E-state index in [1.54, 1.807) is 0 Å². The molecule has 2 aromatic carbocycles. The van der Waals surface area contributed by atoms with Crippen molar-refractivity contribution in [1.29, 1.82) is 0 Å². The second-order valence-corrected chi connectivity index (χ2v) is 13.7. The number of hydrogen-bond donors (Lipinski definition) is 0. The third-order valence-electron chi connectivity index (χ3n) is 4.27. The van der Waals surface area contributed by atoms with Gasteiger partial charge in [-0.15, -0.1) is 0 Å². The number of nitrogens with zero attached hydrogens (tertiary/aromatic N) is 2. The van der Waals surface area contributed by atoms with Crippen molar-refractivity contribution < 1.29 is 35.1 Å². The molecule has 0 atom stereocenters. The number of nitro benzene ring substituents is 2. The van der Waals surface area contributed by atoms with E-state index >= 15 is 0 Å². The Morgan fingerprint density at radius 1 is 0.710 bits per heavy atom. The van der Waals surface area contributed by atoms with Crippen LogP contribution in [0, 0.1) is 34.1 Å². The van der Waals surface area contributed by atoms with E-state index in [0.717, 1.165) is 24.3 Å². The second-order valence-electron chi connectivity index (χ2n) is 6.62. The standard InChI is InChI=1S/C16H16N2O10S3/c1-10-4-6-12(8-14(10)17(19)20)30(25,26)16(29(3,23)24)31(27,28)13-7-5-11(2)15(9-13)18(21)22/h4-9,16H,1-3H3. The molecular formula is C16H16N2O10S3. The van der Waals surface area contributed by atoms with Gasteiger partial charge < -0.3 is 0 Å². The summed E-state index contributed by atoms with van der Waals surface area (Å²) in [5.41, 5.74) is -1.18. The predicted molar refractivity (Wildman–Crippen MR) is 109 cm³/mol. The minimum atomic E-state index is -5.23. The van der Waals surface area contributed by atoms with Crippen LogP contribution in [0.3, 0.4) is 0 Å². The van der Waals surface area contributed by atoms with Gasteiger partial charge in [-0.2, -0.15) is 0 Å². The molecule has 0 bridgehead atoms. The van der Waals surface area contributed by atoms with Crippen molar-refractivity contribution in [3.63, 3.8) is 0 Å². The zero-order valence-electron chi connectivity index (χ0n) is 16.2. The molecule has 0 radical (unpaired) electrons. The maximum absolute atomic E-state index is 13.1. The van der Waals surface area contributed by atoms with E-state index in [-0.39, 0.29) is 11.1 Å². The van der Waals surface area contributed by atoms with Gasteiger partial charge in [0.15, 0.2) is 9.84 Å². The third-order valence-corrected chi connectivity index (χ3v) is 12.9. The monoisotopic (exact) mass is 492 g/mol. The third kappa shape index (κ3) is 4.57. The Morgan fingerprint density at radius 2 is 1.03 bits per heavy atom. The fraction of sp³-hybridized carbons (Fsp3) is 0.250. The number of hydrogen-bond acceptors (Lipinski definition) is 10. The lowest BCUT2D eigenvalue weighted by molar-refractivity contribution is -0.385. The highest BCUT2D eigenvalue weighted by Gasteiger charge is 2.48. The summed E-state index contributed by atoms with van der Waals surface area (Å²) in [7, 11) is -15.3. The van der Waals surface area contributed by atoms with Gasteiger partial charge in [0.1, 0.15) is 0 Å². The van der Waals surface area contributed by atoms with E-state index in [0.29, 0.717) is 18.4 Å². The Kier molecular flexibility index (Phi) is 6.27. The van der Waals surface area contributed by atoms with Crippen molar-refractivity contribution in [3.8, 4) is 0 Å². The van der Waals surface area contributed by atoms with E-state index in [4.69, 9.17) is 0 Å². The predicted octanol–water partition coefficient (Wildman–Crippen LogP) is 1.70. The average Bonchev–Trinajstić information content (AvgIpc) is 2.59. The zero-order chi connectivity index (χ0) is 23.9. The lowest BCUT2D eigenvalue weighted by atomic mass is 10.2. The molecular weight excluding hydrogens is 476 g/mol. The number of rotatable bonds is 7. The summed E-state index contributed by atoms with van der Waals surface area (Å²) in [5, 5.41) is 22.3. The van der Waals surface area contributed by atoms with Gasteiger partial charge in [-0.05, 0) is 26.0 Å². The first-order chi connectivity index (χ1) is 14.0. The van der Waals surface area contributed by atoms with Crippen molar-refractivity contribution in [2.24, 2.45) is 0 Å². The first-order valence-corrected chi connectivity index (χ1v) is 13.2. The minimum Gasteiger partial charge on any atom is -0.258 e. The molecule has 168 valence electrons. The van der Waals surface area contributed by atoms with Crippen LogP contribution in [0.5, 0.6) is 0 Å². The van der Waals surface area contributed by atoms with Crippen LogP contribution in [-0.2, 0) is 29.5 Å². The molecule has 0 N–H and O–H groups in total. The highest BCUT2D eigenvalue weighted by Crippen LogP contribution is 2.33. The fourth-order valence-corrected chi connectivity index (χ4v) is 10.6. The fourth-order valence-electron chi connectivity index (χ4n) is 2.77. The van der Waals surface area contributed by atoms with Crippen LogP contribution < -0.4 is 0 Å². The summed E-state index contributed by atoms with van der Waals surface area (Å²) in [6, 6.07) is 4.90. The van der Waals surface area contributed by atoms with Gasteiger partial charge in [0, 0.05) is 29.5 Å². The van der Waals surface area contributed by atoms with Gasteiger partial charge in [0.25, 0.3) is 15.3 Å². The highest BCUT2D eigenvalue weighted by molar-refractivity contribution is 8.24. The number of nitro groups is 2. The molecule has 0 aliphatic heterocycles. The Labute approximate surface area is 177 Å². The normalized spacial score (nSPS) is 12.6. The van der Waals surface area contributed by atoms with Crippen molar-refractivity contribution >= 4 is 40.9 Å². The lowest BCUT2D eigenvalue weighted by Gasteiger charge is -2.17. The molecule has 0 aliphatic carbocycles. The average molecular weight is 493 g/mol. The largest absolute Gasteiger partial charge is 0.273 e. The van der Waals surface area contributed by atoms with Gasteiger partial charge in [0.05, 0.1) is 19.6 Å². The molecule has 0 saturated heterocycles. The quantitative estimate of drug-likeness (QED) is 0.406. The van der Waals surface area contributed by atoms with Crippen LogP contribution in [0.4, 0.5) is 11.4 Å². The topological polar surface area (TPSA) is 189 Å². The van der Waals surface area contributed by atoms with Crippen molar-refractivity contribution in [1.82, 2.24) is 0 Å². The maximum Gasteiger partial charge on any atom is 0.273 e. The van der Waals surface area contributed by atoms with E-state index in [1.807, 2.05) is 0 Å². The Morgan fingerprint density at radius 3 is 1.29 bits per heavy atom. The molecule has 0 amide bonds. The summed E-state index contributed by atoms with van der Waals surface area (Å²) < 4.78 is 73.8. The molecule has 2 rings (SSSR count). The van der Waals surface area contributed by atoms with Gasteiger partial charge >= 0.3 is 0 Å². The molecule has 12 nitrogen and oxygen atoms in total. The molecule has 0 unspecified atom stereocenters. The number of benzene rings is 2. The Hall–Kier alpha value is -2.91. The number of sulfone groups is 3. The smallest absolute Gasteiger partial charge is 0.258 e. The van der Waals surface area contributed by atoms with Crippen LogP contribution in [-0.4, -0.2) is 45.3 Å². The highest BCUT2D eigenvalue weighted by atomic mass is 32.3. The van der Waals surface area contributed by atoms with Crippen LogP contribution in [0.1, 0.15) is 11.1 Å². The van der Waals surface area contributed by atoms with Gasteiger partial charge in [-0.25, -0.2) is 25.3 Å². The number of aryl methyl sites for hydroxylation is 2. The summed E-state index contributed by atoms with van der Waals surface area (Å²) in [6.07, 6.45) is 0.373. The lowest BCUT2D eigenvalue weighted by Crippen LogP contribution is -2.37. The molecule has 0 heterocycles. The summed E-state index contributed by atoms with van der Waals surface area (Å²) >= 11 is 0. The summed E-state index contributed by atoms with van der Waals surface area (Å²) in [4.78, 5) is 18.7. The van der Waals surface area contributed by atoms with Gasteiger partial charge in [0.2, 0.25) is 19.7 Å². The molecule has 15 heteroatoms. The van der Waals surface area contributed by atoms with Crippen molar-refractivity contribution in [2.45, 2.75) is 27.6 Å². The van der Waals surface area contributed by atoms with Crippen LogP contribution in [0.25, 0.3) is 0 Å². The second kappa shape index (κ2) is 7.97. The summed E-state index contributed by atoms with van der Waals surface area (Å²) in [5.74, 6) is 0. The van der Waals surface area contributed by atoms with E-state index in [9.17, 15) is 45.5 Å². The van der Waals surface area contributed by atoms with Crippen LogP contribution in [0.2, 0.25) is 0 Å². The molecule has 0 aromatic heterocycles. The van der Waals surface area contributed by atoms with Gasteiger partial charge in [-0.3, -0.25) is 20.2 Å². The molecule has 0 spiro atoms. The van der Waals surface area contributed by atoms with E-state index < -0.39 is 64.4 Å². The summed E-state index contributed by atoms with van der Waals surface area (Å²) in [6.45, 7) is 2.62. The molecule has 31 heavy (non-hydrogen) atoms. The van der Waals surface area contributed by atoms with Gasteiger partial charge in [-0.1, -0.05) is 12.1 Å². The van der Waals surface area contributed by atoms with Crippen LogP contribution >= 0.6 is 0 Å². The Balaban J connectivity index is 2.83. The molecule has 0 saturated carbocycles. The first-order valence-electron chi connectivity index (χ1n) is 8.18. The Bertz CT molecular complexity index is 1320. The maximum atomic E-state index is 13.1. The van der Waals surface area contributed by atoms with E-state index in [2.05, 4.69) is 0 Å².